The second kappa shape index (κ2) is 4.25. The van der Waals surface area contributed by atoms with Gasteiger partial charge in [-0.2, -0.15) is 8.42 Å². The topological polar surface area (TPSA) is 83.9 Å². The van der Waals surface area contributed by atoms with Crippen molar-refractivity contribution < 1.29 is 26.9 Å². The molecular formula is C8H10FNO5S. The Hall–Kier alpha value is -1.37. The molecule has 0 spiro atoms. The van der Waals surface area contributed by atoms with Crippen LogP contribution in [0.1, 0.15) is 6.92 Å². The SMILES string of the molecule is CCOC1=C(F)C(S(=O)(=O)O)C(=C=O)N1C. The second-order valence-corrected chi connectivity index (χ2v) is 4.53. The average Bonchev–Trinajstić information content (AvgIpc) is 2.41. The molecule has 90 valence electrons. The van der Waals surface area contributed by atoms with Crippen LogP contribution < -0.4 is 0 Å². The molecule has 0 aromatic heterocycles. The van der Waals surface area contributed by atoms with Gasteiger partial charge in [0.25, 0.3) is 10.1 Å². The molecule has 0 amide bonds. The molecule has 1 unspecified atom stereocenters. The highest BCUT2D eigenvalue weighted by Gasteiger charge is 2.45. The molecule has 0 aliphatic carbocycles. The van der Waals surface area contributed by atoms with E-state index in [9.17, 15) is 17.6 Å². The zero-order valence-electron chi connectivity index (χ0n) is 8.60. The van der Waals surface area contributed by atoms with Crippen LogP contribution in [0.5, 0.6) is 0 Å². The van der Waals surface area contributed by atoms with Crippen molar-refractivity contribution in [2.75, 3.05) is 13.7 Å². The average molecular weight is 251 g/mol. The van der Waals surface area contributed by atoms with Crippen LogP contribution in [0.2, 0.25) is 0 Å². The maximum atomic E-state index is 13.6. The van der Waals surface area contributed by atoms with Gasteiger partial charge in [0.1, 0.15) is 11.6 Å². The Kier molecular flexibility index (Phi) is 3.37. The lowest BCUT2D eigenvalue weighted by Gasteiger charge is -2.15. The van der Waals surface area contributed by atoms with Crippen LogP contribution >= 0.6 is 0 Å². The van der Waals surface area contributed by atoms with Crippen LogP contribution in [0.3, 0.4) is 0 Å². The number of nitrogens with zero attached hydrogens (tertiary/aromatic N) is 1. The number of carbonyl (C=O) groups excluding carboxylic acids is 1. The number of rotatable bonds is 3. The van der Waals surface area contributed by atoms with E-state index in [0.29, 0.717) is 0 Å². The fraction of sp³-hybridized carbons (Fsp3) is 0.500. The lowest BCUT2D eigenvalue weighted by atomic mass is 10.3. The molecule has 1 atom stereocenters. The number of hydrogen-bond acceptors (Lipinski definition) is 5. The molecule has 1 aliphatic rings. The first kappa shape index (κ1) is 12.7. The van der Waals surface area contributed by atoms with Gasteiger partial charge in [-0.25, -0.2) is 9.18 Å². The standard InChI is InChI=1S/C8H10FNO5S/c1-3-15-8-6(9)7(16(12,13)14)5(4-11)10(8)2/h7H,3H2,1-2H3,(H,12,13,14). The Bertz CT molecular complexity index is 477. The van der Waals surface area contributed by atoms with E-state index in [4.69, 9.17) is 9.29 Å². The van der Waals surface area contributed by atoms with Gasteiger partial charge in [-0.1, -0.05) is 0 Å². The van der Waals surface area contributed by atoms with Crippen molar-refractivity contribution in [2.24, 2.45) is 0 Å². The maximum absolute atomic E-state index is 13.6. The number of hydrogen-bond donors (Lipinski definition) is 1. The van der Waals surface area contributed by atoms with Crippen LogP contribution in [0.15, 0.2) is 17.4 Å². The Morgan fingerprint density at radius 3 is 2.50 bits per heavy atom. The van der Waals surface area contributed by atoms with E-state index in [-0.39, 0.29) is 6.61 Å². The minimum atomic E-state index is -4.75. The predicted octanol–water partition coefficient (Wildman–Crippen LogP) is 0.0788. The number of ether oxygens (including phenoxy) is 1. The summed E-state index contributed by atoms with van der Waals surface area (Å²) in [7, 11) is -3.51. The largest absolute Gasteiger partial charge is 0.477 e. The molecule has 0 fully saturated rings. The van der Waals surface area contributed by atoms with Crippen molar-refractivity contribution in [1.82, 2.24) is 4.90 Å². The minimum absolute atomic E-state index is 0.0947. The third-order valence-corrected chi connectivity index (χ3v) is 3.06. The minimum Gasteiger partial charge on any atom is -0.477 e. The van der Waals surface area contributed by atoms with Crippen molar-refractivity contribution in [3.63, 3.8) is 0 Å². The third-order valence-electron chi connectivity index (χ3n) is 2.03. The summed E-state index contributed by atoms with van der Waals surface area (Å²) in [5.41, 5.74) is -0.538. The maximum Gasteiger partial charge on any atom is 0.281 e. The monoisotopic (exact) mass is 251 g/mol. The first-order valence-corrected chi connectivity index (χ1v) is 5.82. The molecule has 1 aliphatic heterocycles. The Labute approximate surface area is 91.7 Å². The summed E-state index contributed by atoms with van der Waals surface area (Å²) in [6, 6.07) is 0. The van der Waals surface area contributed by atoms with Crippen LogP contribution in [-0.4, -0.2) is 42.7 Å². The molecule has 0 bridgehead atoms. The highest BCUT2D eigenvalue weighted by Crippen LogP contribution is 2.34. The van der Waals surface area contributed by atoms with Gasteiger partial charge < -0.3 is 9.64 Å². The molecular weight excluding hydrogens is 241 g/mol. The van der Waals surface area contributed by atoms with E-state index in [1.165, 1.54) is 13.0 Å². The number of halogens is 1. The summed E-state index contributed by atoms with van der Waals surface area (Å²) < 4.78 is 49.1. The van der Waals surface area contributed by atoms with Crippen molar-refractivity contribution in [3.05, 3.63) is 17.4 Å². The molecule has 0 aromatic rings. The quantitative estimate of drug-likeness (QED) is 0.565. The first-order valence-electron chi connectivity index (χ1n) is 4.32. The summed E-state index contributed by atoms with van der Waals surface area (Å²) >= 11 is 0. The van der Waals surface area contributed by atoms with Gasteiger partial charge in [0.05, 0.1) is 6.61 Å². The van der Waals surface area contributed by atoms with Gasteiger partial charge in [-0.15, -0.1) is 0 Å². The van der Waals surface area contributed by atoms with Gasteiger partial charge in [0, 0.05) is 7.05 Å². The van der Waals surface area contributed by atoms with Gasteiger partial charge in [-0.3, -0.25) is 4.55 Å². The second-order valence-electron chi connectivity index (χ2n) is 3.03. The molecule has 8 heteroatoms. The zero-order valence-corrected chi connectivity index (χ0v) is 9.41. The lowest BCUT2D eigenvalue weighted by Crippen LogP contribution is -2.25. The van der Waals surface area contributed by atoms with Crippen molar-refractivity contribution in [1.29, 1.82) is 0 Å². The smallest absolute Gasteiger partial charge is 0.281 e. The van der Waals surface area contributed by atoms with E-state index in [1.807, 2.05) is 0 Å². The van der Waals surface area contributed by atoms with Gasteiger partial charge in [-0.05, 0) is 6.92 Å². The predicted molar refractivity (Wildman–Crippen MR) is 52.1 cm³/mol. The van der Waals surface area contributed by atoms with Crippen molar-refractivity contribution in [3.8, 4) is 0 Å². The van der Waals surface area contributed by atoms with E-state index in [1.54, 1.807) is 6.92 Å². The van der Waals surface area contributed by atoms with Crippen LogP contribution in [0.25, 0.3) is 0 Å². The molecule has 1 rings (SSSR count). The van der Waals surface area contributed by atoms with Gasteiger partial charge in [0.2, 0.25) is 5.88 Å². The Balaban J connectivity index is 3.33. The zero-order chi connectivity index (χ0) is 12.5. The highest BCUT2D eigenvalue weighted by molar-refractivity contribution is 7.86. The van der Waals surface area contributed by atoms with Crippen molar-refractivity contribution >= 4 is 16.1 Å². The molecule has 1 heterocycles. The fourth-order valence-electron chi connectivity index (χ4n) is 1.37. The van der Waals surface area contributed by atoms with Gasteiger partial charge >= 0.3 is 0 Å². The molecule has 0 saturated carbocycles. The normalized spacial score (nSPS) is 21.4. The highest BCUT2D eigenvalue weighted by atomic mass is 32.2. The van der Waals surface area contributed by atoms with E-state index in [0.717, 1.165) is 4.90 Å². The Morgan fingerprint density at radius 1 is 1.62 bits per heavy atom. The molecule has 0 radical (unpaired) electrons. The molecule has 16 heavy (non-hydrogen) atoms. The van der Waals surface area contributed by atoms with E-state index < -0.39 is 32.8 Å². The van der Waals surface area contributed by atoms with Crippen LogP contribution in [-0.2, 0) is 19.6 Å². The third kappa shape index (κ3) is 1.95. The first-order chi connectivity index (χ1) is 7.34. The van der Waals surface area contributed by atoms with Crippen LogP contribution in [0, 0.1) is 0 Å². The van der Waals surface area contributed by atoms with E-state index >= 15 is 0 Å². The summed E-state index contributed by atoms with van der Waals surface area (Å²) in [5, 5.41) is -2.04. The summed E-state index contributed by atoms with van der Waals surface area (Å²) in [5.74, 6) is -0.336. The molecule has 0 aromatic carbocycles. The Morgan fingerprint density at radius 2 is 2.19 bits per heavy atom. The molecule has 1 N–H and O–H groups in total. The van der Waals surface area contributed by atoms with Crippen molar-refractivity contribution in [2.45, 2.75) is 12.2 Å². The van der Waals surface area contributed by atoms with E-state index in [2.05, 4.69) is 0 Å². The fourth-order valence-corrected chi connectivity index (χ4v) is 2.22. The molecule has 0 saturated heterocycles. The van der Waals surface area contributed by atoms with Gasteiger partial charge in [0.15, 0.2) is 11.1 Å². The lowest BCUT2D eigenvalue weighted by molar-refractivity contribution is 0.156. The summed E-state index contributed by atoms with van der Waals surface area (Å²) in [6.45, 7) is 1.66. The summed E-state index contributed by atoms with van der Waals surface area (Å²) in [6.07, 6.45) is 0. The van der Waals surface area contributed by atoms with Crippen LogP contribution in [0.4, 0.5) is 4.39 Å². The molecule has 6 nitrogen and oxygen atoms in total. The summed E-state index contributed by atoms with van der Waals surface area (Å²) in [4.78, 5) is 11.4.